The van der Waals surface area contributed by atoms with E-state index in [1.54, 1.807) is 26.5 Å². The van der Waals surface area contributed by atoms with Gasteiger partial charge in [-0.3, -0.25) is 0 Å². The van der Waals surface area contributed by atoms with Crippen LogP contribution >= 0.6 is 0 Å². The Morgan fingerprint density at radius 1 is 1.21 bits per heavy atom. The van der Waals surface area contributed by atoms with Gasteiger partial charge in [-0.1, -0.05) is 18.2 Å². The van der Waals surface area contributed by atoms with Crippen LogP contribution in [0, 0.1) is 6.92 Å². The predicted molar refractivity (Wildman–Crippen MR) is 54.2 cm³/mol. The number of nitrogens with zero attached hydrogens (tertiary/aromatic N) is 1. The summed E-state index contributed by atoms with van der Waals surface area (Å²) in [4.78, 5) is 3.75. The molecule has 0 saturated heterocycles. The minimum Gasteiger partial charge on any atom is -0.497 e. The quantitative estimate of drug-likeness (QED) is 0.695. The molecule has 1 heterocycles. The molecule has 0 unspecified atom stereocenters. The third kappa shape index (κ3) is 3.76. The Hall–Kier alpha value is -1.77. The summed E-state index contributed by atoms with van der Waals surface area (Å²) < 4.78 is 9.64. The van der Waals surface area contributed by atoms with Crippen molar-refractivity contribution < 1.29 is 9.15 Å². The molecule has 0 bridgehead atoms. The number of para-hydroxylation sites is 1. The summed E-state index contributed by atoms with van der Waals surface area (Å²) in [6.45, 7) is 1.81. The number of methoxy groups -OCH3 is 1. The normalized spacial score (nSPS) is 8.71. The van der Waals surface area contributed by atoms with Gasteiger partial charge in [0, 0.05) is 6.92 Å². The van der Waals surface area contributed by atoms with Gasteiger partial charge in [0.2, 0.25) is 0 Å². The van der Waals surface area contributed by atoms with E-state index in [9.17, 15) is 0 Å². The zero-order valence-corrected chi connectivity index (χ0v) is 8.31. The number of aryl methyl sites for hydroxylation is 1. The van der Waals surface area contributed by atoms with Gasteiger partial charge < -0.3 is 9.15 Å². The van der Waals surface area contributed by atoms with Crippen LogP contribution in [0.5, 0.6) is 5.75 Å². The van der Waals surface area contributed by atoms with E-state index in [2.05, 4.69) is 4.98 Å². The Labute approximate surface area is 83.4 Å². The smallest absolute Gasteiger partial charge is 0.190 e. The van der Waals surface area contributed by atoms with Crippen molar-refractivity contribution in [3.63, 3.8) is 0 Å². The molecule has 0 fully saturated rings. The Kier molecular flexibility index (Phi) is 4.27. The molecule has 0 aliphatic carbocycles. The summed E-state index contributed by atoms with van der Waals surface area (Å²) in [5, 5.41) is 0. The van der Waals surface area contributed by atoms with Crippen molar-refractivity contribution in [2.45, 2.75) is 6.92 Å². The number of rotatable bonds is 1. The van der Waals surface area contributed by atoms with E-state index in [-0.39, 0.29) is 0 Å². The molecular weight excluding hydrogens is 178 g/mol. The van der Waals surface area contributed by atoms with Gasteiger partial charge in [-0.15, -0.1) is 0 Å². The molecule has 0 amide bonds. The molecule has 0 atom stereocenters. The number of hydrogen-bond donors (Lipinski definition) is 0. The van der Waals surface area contributed by atoms with Gasteiger partial charge in [0.05, 0.1) is 13.3 Å². The highest BCUT2D eigenvalue weighted by Crippen LogP contribution is 2.05. The maximum absolute atomic E-state index is 4.91. The number of ether oxygens (including phenoxy) is 1. The van der Waals surface area contributed by atoms with Crippen molar-refractivity contribution in [1.82, 2.24) is 4.98 Å². The van der Waals surface area contributed by atoms with Crippen molar-refractivity contribution in [2.75, 3.05) is 7.11 Å². The molecule has 3 heteroatoms. The summed E-state index contributed by atoms with van der Waals surface area (Å²) in [7, 11) is 1.66. The van der Waals surface area contributed by atoms with Gasteiger partial charge in [-0.2, -0.15) is 0 Å². The summed E-state index contributed by atoms with van der Waals surface area (Å²) in [6.07, 6.45) is 3.17. The van der Waals surface area contributed by atoms with Crippen LogP contribution in [0.2, 0.25) is 0 Å². The van der Waals surface area contributed by atoms with E-state index >= 15 is 0 Å². The minimum absolute atomic E-state index is 0.718. The molecule has 0 saturated carbocycles. The van der Waals surface area contributed by atoms with Crippen molar-refractivity contribution in [1.29, 1.82) is 0 Å². The molecule has 0 aliphatic rings. The molecule has 0 N–H and O–H groups in total. The number of aromatic nitrogens is 1. The monoisotopic (exact) mass is 191 g/mol. The minimum atomic E-state index is 0.718. The zero-order chi connectivity index (χ0) is 10.2. The molecule has 1 aromatic heterocycles. The first-order valence-electron chi connectivity index (χ1n) is 4.28. The lowest BCUT2D eigenvalue weighted by atomic mass is 10.3. The molecule has 2 rings (SSSR count). The van der Waals surface area contributed by atoms with Crippen LogP contribution < -0.4 is 4.74 Å². The fourth-order valence-corrected chi connectivity index (χ4v) is 0.851. The Bertz CT molecular complexity index is 329. The van der Waals surface area contributed by atoms with E-state index < -0.39 is 0 Å². The largest absolute Gasteiger partial charge is 0.497 e. The van der Waals surface area contributed by atoms with Crippen molar-refractivity contribution in [2.24, 2.45) is 0 Å². The first kappa shape index (κ1) is 10.3. The molecular formula is C11H13NO2. The van der Waals surface area contributed by atoms with Crippen LogP contribution in [0.3, 0.4) is 0 Å². The first-order valence-corrected chi connectivity index (χ1v) is 4.28. The van der Waals surface area contributed by atoms with Crippen LogP contribution in [0.1, 0.15) is 5.89 Å². The summed E-state index contributed by atoms with van der Waals surface area (Å²) in [5.41, 5.74) is 0. The molecule has 3 nitrogen and oxygen atoms in total. The average molecular weight is 191 g/mol. The lowest BCUT2D eigenvalue weighted by Gasteiger charge is -1.93. The second-order valence-corrected chi connectivity index (χ2v) is 2.57. The van der Waals surface area contributed by atoms with Gasteiger partial charge >= 0.3 is 0 Å². The highest BCUT2D eigenvalue weighted by atomic mass is 16.5. The van der Waals surface area contributed by atoms with Crippen molar-refractivity contribution in [3.05, 3.63) is 48.7 Å². The fourth-order valence-electron chi connectivity index (χ4n) is 0.851. The molecule has 74 valence electrons. The Balaban J connectivity index is 0.000000146. The van der Waals surface area contributed by atoms with Crippen LogP contribution in [0.15, 0.2) is 47.2 Å². The van der Waals surface area contributed by atoms with Crippen LogP contribution in [-0.2, 0) is 0 Å². The maximum Gasteiger partial charge on any atom is 0.190 e. The van der Waals surface area contributed by atoms with Gasteiger partial charge in [0.15, 0.2) is 5.89 Å². The topological polar surface area (TPSA) is 35.3 Å². The SMILES string of the molecule is COc1ccccc1.Cc1ncco1. The summed E-state index contributed by atoms with van der Waals surface area (Å²) >= 11 is 0. The predicted octanol–water partition coefficient (Wildman–Crippen LogP) is 2.68. The first-order chi connectivity index (χ1) is 6.83. The average Bonchev–Trinajstić information content (AvgIpc) is 2.71. The van der Waals surface area contributed by atoms with Gasteiger partial charge in [-0.25, -0.2) is 4.98 Å². The highest BCUT2D eigenvalue weighted by molar-refractivity contribution is 5.20. The van der Waals surface area contributed by atoms with Gasteiger partial charge in [0.1, 0.15) is 12.0 Å². The lowest BCUT2D eigenvalue weighted by molar-refractivity contribution is 0.415. The zero-order valence-electron chi connectivity index (χ0n) is 8.31. The number of hydrogen-bond acceptors (Lipinski definition) is 3. The van der Waals surface area contributed by atoms with Gasteiger partial charge in [0.25, 0.3) is 0 Å². The lowest BCUT2D eigenvalue weighted by Crippen LogP contribution is -1.78. The number of oxazole rings is 1. The third-order valence-electron chi connectivity index (χ3n) is 1.53. The van der Waals surface area contributed by atoms with E-state index in [4.69, 9.17) is 9.15 Å². The summed E-state index contributed by atoms with van der Waals surface area (Å²) in [6, 6.07) is 9.68. The fraction of sp³-hybridized carbons (Fsp3) is 0.182. The number of benzene rings is 1. The summed E-state index contributed by atoms with van der Waals surface area (Å²) in [5.74, 6) is 1.63. The Morgan fingerprint density at radius 3 is 2.21 bits per heavy atom. The molecule has 1 aromatic carbocycles. The van der Waals surface area contributed by atoms with E-state index in [0.717, 1.165) is 11.6 Å². The van der Waals surface area contributed by atoms with Crippen molar-refractivity contribution >= 4 is 0 Å². The molecule has 0 radical (unpaired) electrons. The highest BCUT2D eigenvalue weighted by Gasteiger charge is 1.80. The van der Waals surface area contributed by atoms with Crippen LogP contribution in [-0.4, -0.2) is 12.1 Å². The second kappa shape index (κ2) is 5.80. The maximum atomic E-state index is 4.91. The Morgan fingerprint density at radius 2 is 1.93 bits per heavy atom. The molecule has 0 aliphatic heterocycles. The molecule has 0 spiro atoms. The van der Waals surface area contributed by atoms with E-state index in [1.165, 1.54) is 0 Å². The molecule has 14 heavy (non-hydrogen) atoms. The van der Waals surface area contributed by atoms with Crippen LogP contribution in [0.4, 0.5) is 0 Å². The second-order valence-electron chi connectivity index (χ2n) is 2.57. The van der Waals surface area contributed by atoms with Gasteiger partial charge in [-0.05, 0) is 12.1 Å². The third-order valence-corrected chi connectivity index (χ3v) is 1.53. The van der Waals surface area contributed by atoms with E-state index in [1.807, 2.05) is 30.3 Å². The molecule has 2 aromatic rings. The standard InChI is InChI=1S/C7H8O.C4H5NO/c1-8-7-5-3-2-4-6-7;1-4-5-2-3-6-4/h2-6H,1H3;2-3H,1H3. The van der Waals surface area contributed by atoms with E-state index in [0.29, 0.717) is 0 Å². The van der Waals surface area contributed by atoms with Crippen LogP contribution in [0.25, 0.3) is 0 Å². The van der Waals surface area contributed by atoms with Crippen molar-refractivity contribution in [3.8, 4) is 5.75 Å².